The number of hydrogen-bond donors (Lipinski definition) is 1. The van der Waals surface area contributed by atoms with Crippen molar-refractivity contribution in [1.82, 2.24) is 5.32 Å². The number of ether oxygens (including phenoxy) is 1. The van der Waals surface area contributed by atoms with E-state index in [0.717, 1.165) is 12.3 Å². The molecule has 1 fully saturated rings. The Morgan fingerprint density at radius 1 is 1.42 bits per heavy atom. The average molecular weight is 257 g/mol. The van der Waals surface area contributed by atoms with Gasteiger partial charge in [-0.25, -0.2) is 0 Å². The van der Waals surface area contributed by atoms with Crippen LogP contribution in [-0.2, 0) is 6.54 Å². The van der Waals surface area contributed by atoms with Gasteiger partial charge in [0.25, 0.3) is 0 Å². The van der Waals surface area contributed by atoms with E-state index in [2.05, 4.69) is 31.2 Å². The van der Waals surface area contributed by atoms with Crippen LogP contribution in [-0.4, -0.2) is 12.6 Å². The van der Waals surface area contributed by atoms with Gasteiger partial charge in [-0.1, -0.05) is 38.0 Å². The topological polar surface area (TPSA) is 21.3 Å². The van der Waals surface area contributed by atoms with E-state index in [1.165, 1.54) is 24.8 Å². The first-order valence-corrected chi connectivity index (χ1v) is 6.98. The minimum atomic E-state index is 0.327. The van der Waals surface area contributed by atoms with Crippen molar-refractivity contribution >= 4 is 0 Å². The van der Waals surface area contributed by atoms with Crippen LogP contribution in [0.1, 0.15) is 38.7 Å². The lowest BCUT2D eigenvalue weighted by Crippen LogP contribution is -2.27. The van der Waals surface area contributed by atoms with Crippen LogP contribution in [0.3, 0.4) is 0 Å². The molecule has 19 heavy (non-hydrogen) atoms. The molecule has 0 heterocycles. The van der Waals surface area contributed by atoms with E-state index in [9.17, 15) is 0 Å². The van der Waals surface area contributed by atoms with Crippen LogP contribution in [0.4, 0.5) is 0 Å². The van der Waals surface area contributed by atoms with Crippen LogP contribution >= 0.6 is 0 Å². The second-order valence-corrected chi connectivity index (χ2v) is 6.09. The Morgan fingerprint density at radius 2 is 2.21 bits per heavy atom. The monoisotopic (exact) mass is 257 g/mol. The first kappa shape index (κ1) is 14.0. The molecule has 1 aromatic rings. The van der Waals surface area contributed by atoms with E-state index in [1.807, 2.05) is 18.2 Å². The quantitative estimate of drug-likeness (QED) is 0.817. The largest absolute Gasteiger partial charge is 0.481 e. The molecule has 0 amide bonds. The zero-order chi connectivity index (χ0) is 13.7. The normalized spacial score (nSPS) is 21.0. The molecule has 2 heteroatoms. The summed E-state index contributed by atoms with van der Waals surface area (Å²) in [5.41, 5.74) is 1.67. The summed E-state index contributed by atoms with van der Waals surface area (Å²) in [4.78, 5) is 0. The van der Waals surface area contributed by atoms with Crippen LogP contribution in [0, 0.1) is 17.8 Å². The predicted molar refractivity (Wildman–Crippen MR) is 79.0 cm³/mol. The minimum absolute atomic E-state index is 0.327. The standard InChI is InChI=1S/C17H23NO/c1-4-11-19-16-8-6-5-7-14(16)13-18-15-9-10-17(2,3)12-15/h1,5-8,15,18H,9-13H2,2-3H3. The molecule has 1 aliphatic carbocycles. The Balaban J connectivity index is 1.91. The number of para-hydroxylation sites is 1. The number of terminal acetylenes is 1. The van der Waals surface area contributed by atoms with Gasteiger partial charge in [0, 0.05) is 18.2 Å². The number of nitrogens with one attached hydrogen (secondary N) is 1. The van der Waals surface area contributed by atoms with Crippen molar-refractivity contribution in [2.24, 2.45) is 5.41 Å². The van der Waals surface area contributed by atoms with Gasteiger partial charge in [0.2, 0.25) is 0 Å². The molecule has 0 aromatic heterocycles. The highest BCUT2D eigenvalue weighted by Crippen LogP contribution is 2.37. The van der Waals surface area contributed by atoms with Crippen molar-refractivity contribution in [2.75, 3.05) is 6.61 Å². The summed E-state index contributed by atoms with van der Waals surface area (Å²) in [6.45, 7) is 5.87. The van der Waals surface area contributed by atoms with Gasteiger partial charge in [-0.05, 0) is 30.7 Å². The molecule has 1 saturated carbocycles. The number of hydrogen-bond acceptors (Lipinski definition) is 2. The van der Waals surface area contributed by atoms with Crippen LogP contribution in [0.15, 0.2) is 24.3 Å². The zero-order valence-corrected chi connectivity index (χ0v) is 11.9. The maximum Gasteiger partial charge on any atom is 0.148 e. The van der Waals surface area contributed by atoms with E-state index in [4.69, 9.17) is 11.2 Å². The molecular formula is C17H23NO. The zero-order valence-electron chi connectivity index (χ0n) is 11.9. The molecule has 1 atom stereocenters. The van der Waals surface area contributed by atoms with Gasteiger partial charge < -0.3 is 10.1 Å². The molecule has 0 bridgehead atoms. The third kappa shape index (κ3) is 4.01. The number of benzene rings is 1. The van der Waals surface area contributed by atoms with E-state index in [-0.39, 0.29) is 0 Å². The summed E-state index contributed by atoms with van der Waals surface area (Å²) < 4.78 is 5.57. The van der Waals surface area contributed by atoms with Gasteiger partial charge in [-0.2, -0.15) is 0 Å². The Hall–Kier alpha value is -1.46. The Morgan fingerprint density at radius 3 is 2.89 bits per heavy atom. The highest BCUT2D eigenvalue weighted by atomic mass is 16.5. The molecule has 0 aliphatic heterocycles. The summed E-state index contributed by atoms with van der Waals surface area (Å²) in [5, 5.41) is 3.64. The number of rotatable bonds is 5. The Kier molecular flexibility index (Phi) is 4.50. The van der Waals surface area contributed by atoms with Crippen LogP contribution in [0.25, 0.3) is 0 Å². The van der Waals surface area contributed by atoms with E-state index >= 15 is 0 Å². The summed E-state index contributed by atoms with van der Waals surface area (Å²) >= 11 is 0. The molecule has 102 valence electrons. The molecule has 1 unspecified atom stereocenters. The highest BCUT2D eigenvalue weighted by molar-refractivity contribution is 5.33. The molecule has 1 aromatic carbocycles. The molecule has 1 N–H and O–H groups in total. The average Bonchev–Trinajstić information content (AvgIpc) is 2.74. The molecule has 1 aliphatic rings. The first-order chi connectivity index (χ1) is 9.11. The second kappa shape index (κ2) is 6.12. The van der Waals surface area contributed by atoms with E-state index in [0.29, 0.717) is 18.1 Å². The lowest BCUT2D eigenvalue weighted by molar-refractivity contribution is 0.355. The molecular weight excluding hydrogens is 234 g/mol. The lowest BCUT2D eigenvalue weighted by Gasteiger charge is -2.18. The fraction of sp³-hybridized carbons (Fsp3) is 0.529. The van der Waals surface area contributed by atoms with Crippen molar-refractivity contribution in [1.29, 1.82) is 0 Å². The summed E-state index contributed by atoms with van der Waals surface area (Å²) in [7, 11) is 0. The Labute approximate surface area is 116 Å². The third-order valence-electron chi connectivity index (χ3n) is 3.83. The van der Waals surface area contributed by atoms with Crippen LogP contribution in [0.5, 0.6) is 5.75 Å². The predicted octanol–water partition coefficient (Wildman–Crippen LogP) is 3.37. The summed E-state index contributed by atoms with van der Waals surface area (Å²) in [5.74, 6) is 3.40. The van der Waals surface area contributed by atoms with Crippen molar-refractivity contribution in [3.63, 3.8) is 0 Å². The van der Waals surface area contributed by atoms with Crippen molar-refractivity contribution in [3.8, 4) is 18.1 Å². The van der Waals surface area contributed by atoms with Gasteiger partial charge >= 0.3 is 0 Å². The Bertz CT molecular complexity index is 459. The smallest absolute Gasteiger partial charge is 0.148 e. The van der Waals surface area contributed by atoms with Crippen LogP contribution in [0.2, 0.25) is 0 Å². The fourth-order valence-electron chi connectivity index (χ4n) is 2.77. The second-order valence-electron chi connectivity index (χ2n) is 6.09. The fourth-order valence-corrected chi connectivity index (χ4v) is 2.77. The lowest BCUT2D eigenvalue weighted by atomic mass is 9.92. The van der Waals surface area contributed by atoms with Crippen molar-refractivity contribution < 1.29 is 4.74 Å². The van der Waals surface area contributed by atoms with Crippen molar-refractivity contribution in [2.45, 2.75) is 45.7 Å². The molecule has 0 spiro atoms. The van der Waals surface area contributed by atoms with Crippen molar-refractivity contribution in [3.05, 3.63) is 29.8 Å². The van der Waals surface area contributed by atoms with Gasteiger partial charge in [0.15, 0.2) is 0 Å². The highest BCUT2D eigenvalue weighted by Gasteiger charge is 2.30. The summed E-state index contributed by atoms with van der Waals surface area (Å²) in [6.07, 6.45) is 9.06. The summed E-state index contributed by atoms with van der Waals surface area (Å²) in [6, 6.07) is 8.72. The van der Waals surface area contributed by atoms with Gasteiger partial charge in [0.05, 0.1) is 0 Å². The van der Waals surface area contributed by atoms with E-state index in [1.54, 1.807) is 0 Å². The third-order valence-corrected chi connectivity index (χ3v) is 3.83. The maximum absolute atomic E-state index is 5.57. The van der Waals surface area contributed by atoms with E-state index < -0.39 is 0 Å². The van der Waals surface area contributed by atoms with Crippen LogP contribution < -0.4 is 10.1 Å². The first-order valence-electron chi connectivity index (χ1n) is 6.98. The molecule has 0 saturated heterocycles. The maximum atomic E-state index is 5.57. The molecule has 0 radical (unpaired) electrons. The van der Waals surface area contributed by atoms with Gasteiger partial charge in [-0.3, -0.25) is 0 Å². The minimum Gasteiger partial charge on any atom is -0.481 e. The molecule has 2 rings (SSSR count). The molecule has 2 nitrogen and oxygen atoms in total. The van der Waals surface area contributed by atoms with Gasteiger partial charge in [-0.15, -0.1) is 6.42 Å². The SMILES string of the molecule is C#CCOc1ccccc1CNC1CCC(C)(C)C1. The van der Waals surface area contributed by atoms with Gasteiger partial charge in [0.1, 0.15) is 12.4 Å².